The van der Waals surface area contributed by atoms with Gasteiger partial charge in [-0.1, -0.05) is 32.1 Å². The van der Waals surface area contributed by atoms with E-state index in [0.717, 1.165) is 64.5 Å². The largest absolute Gasteiger partial charge is 0.368 e. The molecule has 37 heavy (non-hydrogen) atoms. The number of rotatable bonds is 15. The molecule has 5 N–H and O–H groups in total. The first kappa shape index (κ1) is 30.7. The fourth-order valence-corrected chi connectivity index (χ4v) is 5.43. The number of primary amides is 1. The van der Waals surface area contributed by atoms with E-state index in [9.17, 15) is 24.0 Å². The topological polar surface area (TPSA) is 151 Å². The number of hydrogen-bond donors (Lipinski definition) is 4. The second-order valence-electron chi connectivity index (χ2n) is 10.7. The van der Waals surface area contributed by atoms with E-state index >= 15 is 0 Å². The van der Waals surface area contributed by atoms with Crippen LogP contribution in [-0.4, -0.2) is 72.6 Å². The molecular weight excluding hydrogens is 474 g/mol. The number of Topliss-reactive ketones (excluding diaryl/α,β-unsaturated/α-hetero) is 1. The van der Waals surface area contributed by atoms with Crippen LogP contribution in [0.4, 0.5) is 0 Å². The summed E-state index contributed by atoms with van der Waals surface area (Å²) in [6.07, 6.45) is 10.0. The summed E-state index contributed by atoms with van der Waals surface area (Å²) in [6, 6.07) is -1.98. The number of hydrogen-bond acceptors (Lipinski definition) is 6. The lowest BCUT2D eigenvalue weighted by atomic mass is 9.84. The van der Waals surface area contributed by atoms with Gasteiger partial charge in [-0.15, -0.1) is 0 Å². The molecule has 2 atom stereocenters. The van der Waals surface area contributed by atoms with Crippen molar-refractivity contribution in [3.05, 3.63) is 0 Å². The lowest BCUT2D eigenvalue weighted by Gasteiger charge is -2.27. The normalized spacial score (nSPS) is 18.4. The first-order chi connectivity index (χ1) is 17.7. The van der Waals surface area contributed by atoms with Crippen LogP contribution in [0.1, 0.15) is 90.9 Å². The van der Waals surface area contributed by atoms with Crippen molar-refractivity contribution >= 4 is 29.4 Å². The van der Waals surface area contributed by atoms with Gasteiger partial charge in [-0.05, 0) is 70.9 Å². The quantitative estimate of drug-likeness (QED) is 0.256. The van der Waals surface area contributed by atoms with Crippen molar-refractivity contribution in [3.63, 3.8) is 0 Å². The number of carbonyl (C=O) groups excluding carboxylic acids is 5. The molecule has 1 saturated heterocycles. The van der Waals surface area contributed by atoms with E-state index in [1.165, 1.54) is 18.2 Å². The van der Waals surface area contributed by atoms with Gasteiger partial charge in [0.05, 0.1) is 6.54 Å². The van der Waals surface area contributed by atoms with Gasteiger partial charge in [0.1, 0.15) is 17.9 Å². The molecule has 0 spiro atoms. The van der Waals surface area contributed by atoms with Crippen LogP contribution in [0.3, 0.4) is 0 Å². The smallest absolute Gasteiger partial charge is 0.243 e. The first-order valence-electron chi connectivity index (χ1n) is 14.1. The summed E-state index contributed by atoms with van der Waals surface area (Å²) in [5.74, 6) is -1.17. The summed E-state index contributed by atoms with van der Waals surface area (Å²) in [5.41, 5.74) is 5.55. The Morgan fingerprint density at radius 2 is 1.62 bits per heavy atom. The maximum atomic E-state index is 13.0. The zero-order valence-corrected chi connectivity index (χ0v) is 22.7. The standard InChI is InChI=1S/C27H47N5O5/c1-3-32(25(35)11-7-10-20-12-14-29-15-13-20)18-24(34)30-23(16-19(2)33)27(37)31-22(26(28)36)17-21-8-5-4-6-9-21/h20-23,29H,3-18H2,1-2H3,(H2,28,36)(H,30,34)(H,31,37)/t22-,23-/m0/s1. The molecule has 10 heteroatoms. The Hall–Kier alpha value is -2.49. The Kier molecular flexibility index (Phi) is 13.6. The van der Waals surface area contributed by atoms with Gasteiger partial charge in [-0.2, -0.15) is 0 Å². The molecular formula is C27H47N5O5. The molecule has 1 saturated carbocycles. The van der Waals surface area contributed by atoms with Gasteiger partial charge in [0, 0.05) is 19.4 Å². The summed E-state index contributed by atoms with van der Waals surface area (Å²) in [6.45, 7) is 5.37. The van der Waals surface area contributed by atoms with Crippen LogP contribution < -0.4 is 21.7 Å². The third-order valence-electron chi connectivity index (χ3n) is 7.63. The lowest BCUT2D eigenvalue weighted by Crippen LogP contribution is -2.55. The maximum Gasteiger partial charge on any atom is 0.243 e. The van der Waals surface area contributed by atoms with Crippen molar-refractivity contribution in [1.29, 1.82) is 0 Å². The minimum absolute atomic E-state index is 0.0968. The molecule has 1 heterocycles. The molecule has 10 nitrogen and oxygen atoms in total. The molecule has 4 amide bonds. The third-order valence-corrected chi connectivity index (χ3v) is 7.63. The monoisotopic (exact) mass is 521 g/mol. The molecule has 0 unspecified atom stereocenters. The molecule has 2 fully saturated rings. The van der Waals surface area contributed by atoms with Crippen molar-refractivity contribution in [2.75, 3.05) is 26.2 Å². The fourth-order valence-electron chi connectivity index (χ4n) is 5.43. The van der Waals surface area contributed by atoms with Gasteiger partial charge in [-0.3, -0.25) is 24.0 Å². The third kappa shape index (κ3) is 11.6. The molecule has 2 aliphatic rings. The minimum atomic E-state index is -1.13. The molecule has 0 radical (unpaired) electrons. The number of ketones is 1. The van der Waals surface area contributed by atoms with Crippen LogP contribution in [0.15, 0.2) is 0 Å². The summed E-state index contributed by atoms with van der Waals surface area (Å²) in [5, 5.41) is 8.60. The number of carbonyl (C=O) groups is 5. The second kappa shape index (κ2) is 16.4. The highest BCUT2D eigenvalue weighted by Crippen LogP contribution is 2.27. The highest BCUT2D eigenvalue weighted by Gasteiger charge is 2.29. The molecule has 210 valence electrons. The van der Waals surface area contributed by atoms with E-state index in [1.807, 2.05) is 0 Å². The second-order valence-corrected chi connectivity index (χ2v) is 10.7. The summed E-state index contributed by atoms with van der Waals surface area (Å²) >= 11 is 0. The number of piperidine rings is 1. The highest BCUT2D eigenvalue weighted by molar-refractivity contribution is 5.95. The molecule has 0 aromatic heterocycles. The molecule has 0 bridgehead atoms. The van der Waals surface area contributed by atoms with Crippen LogP contribution in [0, 0.1) is 11.8 Å². The van der Waals surface area contributed by atoms with Crippen molar-refractivity contribution < 1.29 is 24.0 Å². The SMILES string of the molecule is CCN(CC(=O)N[C@@H](CC(C)=O)C(=O)N[C@@H](CC1CCCCC1)C(N)=O)C(=O)CCCC1CCNCC1. The minimum Gasteiger partial charge on any atom is -0.368 e. The van der Waals surface area contributed by atoms with E-state index in [2.05, 4.69) is 16.0 Å². The number of nitrogens with zero attached hydrogens (tertiary/aromatic N) is 1. The summed E-state index contributed by atoms with van der Waals surface area (Å²) in [7, 11) is 0. The van der Waals surface area contributed by atoms with Crippen molar-refractivity contribution in [2.24, 2.45) is 17.6 Å². The molecule has 2 rings (SSSR count). The number of nitrogens with one attached hydrogen (secondary N) is 3. The predicted octanol–water partition coefficient (Wildman–Crippen LogP) is 1.41. The molecule has 0 aromatic rings. The number of amides is 4. The van der Waals surface area contributed by atoms with Crippen molar-refractivity contribution in [2.45, 2.75) is 103 Å². The average Bonchev–Trinajstić information content (AvgIpc) is 2.87. The Morgan fingerprint density at radius 3 is 2.22 bits per heavy atom. The van der Waals surface area contributed by atoms with Crippen molar-refractivity contribution in [1.82, 2.24) is 20.9 Å². The predicted molar refractivity (Wildman–Crippen MR) is 141 cm³/mol. The van der Waals surface area contributed by atoms with E-state index in [1.54, 1.807) is 6.92 Å². The van der Waals surface area contributed by atoms with Crippen LogP contribution in [0.5, 0.6) is 0 Å². The van der Waals surface area contributed by atoms with Gasteiger partial charge in [-0.25, -0.2) is 0 Å². The Balaban J connectivity index is 1.88. The van der Waals surface area contributed by atoms with E-state index in [0.29, 0.717) is 31.2 Å². The van der Waals surface area contributed by atoms with Gasteiger partial charge >= 0.3 is 0 Å². The van der Waals surface area contributed by atoms with Crippen LogP contribution in [-0.2, 0) is 24.0 Å². The van der Waals surface area contributed by atoms with Gasteiger partial charge in [0.2, 0.25) is 23.6 Å². The van der Waals surface area contributed by atoms with Crippen LogP contribution in [0.2, 0.25) is 0 Å². The Bertz CT molecular complexity index is 777. The van der Waals surface area contributed by atoms with Crippen LogP contribution in [0.25, 0.3) is 0 Å². The van der Waals surface area contributed by atoms with Crippen molar-refractivity contribution in [3.8, 4) is 0 Å². The Morgan fingerprint density at radius 1 is 0.946 bits per heavy atom. The van der Waals surface area contributed by atoms with E-state index in [4.69, 9.17) is 5.73 Å². The number of nitrogens with two attached hydrogens (primary N) is 1. The fraction of sp³-hybridized carbons (Fsp3) is 0.815. The van der Waals surface area contributed by atoms with Gasteiger partial charge in [0.25, 0.3) is 0 Å². The molecule has 0 aromatic carbocycles. The zero-order valence-electron chi connectivity index (χ0n) is 22.7. The molecule has 1 aliphatic heterocycles. The zero-order chi connectivity index (χ0) is 27.2. The maximum absolute atomic E-state index is 13.0. The lowest BCUT2D eigenvalue weighted by molar-refractivity contribution is -0.137. The van der Waals surface area contributed by atoms with Gasteiger partial charge in [0.15, 0.2) is 0 Å². The Labute approximate surface area is 221 Å². The van der Waals surface area contributed by atoms with Gasteiger partial charge < -0.3 is 26.6 Å². The average molecular weight is 522 g/mol. The highest BCUT2D eigenvalue weighted by atomic mass is 16.2. The number of likely N-dealkylation sites (N-methyl/N-ethyl adjacent to an activating group) is 1. The van der Waals surface area contributed by atoms with Crippen LogP contribution >= 0.6 is 0 Å². The summed E-state index contributed by atoms with van der Waals surface area (Å²) < 4.78 is 0. The van der Waals surface area contributed by atoms with E-state index < -0.39 is 29.8 Å². The molecule has 1 aliphatic carbocycles. The summed E-state index contributed by atoms with van der Waals surface area (Å²) in [4.78, 5) is 63.8. The van der Waals surface area contributed by atoms with E-state index in [-0.39, 0.29) is 24.7 Å². The first-order valence-corrected chi connectivity index (χ1v) is 14.1.